The number of rotatable bonds is 4. The Kier molecular flexibility index (Phi) is 5.06. The van der Waals surface area contributed by atoms with E-state index < -0.39 is 11.9 Å². The van der Waals surface area contributed by atoms with Crippen LogP contribution < -0.4 is 16.8 Å². The minimum atomic E-state index is -0.738. The number of hydrogen-bond acceptors (Lipinski definition) is 5. The number of carbonyl (C=O) groups is 2. The first-order valence-electron chi connectivity index (χ1n) is 7.66. The van der Waals surface area contributed by atoms with Crippen LogP contribution in [0.4, 0.5) is 9.80 Å². The third-order valence-electron chi connectivity index (χ3n) is 3.96. The second-order valence-electron chi connectivity index (χ2n) is 5.60. The van der Waals surface area contributed by atoms with Crippen molar-refractivity contribution in [3.8, 4) is 0 Å². The van der Waals surface area contributed by atoms with Gasteiger partial charge in [-0.05, 0) is 41.9 Å². The molecule has 0 radical (unpaired) electrons. The molecule has 24 heavy (non-hydrogen) atoms. The highest BCUT2D eigenvalue weighted by molar-refractivity contribution is 7.99. The van der Waals surface area contributed by atoms with E-state index in [0.29, 0.717) is 10.0 Å². The minimum absolute atomic E-state index is 0.213. The Morgan fingerprint density at radius 3 is 2.79 bits per heavy atom. The van der Waals surface area contributed by atoms with Gasteiger partial charge in [0.05, 0.1) is 0 Å². The SMILES string of the molecule is NC(=O)Nc1snc(S[C@@H]2CCCCc3ccccc32)c1C(N)=O. The largest absolute Gasteiger partial charge is 0.365 e. The first kappa shape index (κ1) is 16.8. The second kappa shape index (κ2) is 7.23. The van der Waals surface area contributed by atoms with Crippen molar-refractivity contribution in [2.24, 2.45) is 11.5 Å². The number of amides is 3. The number of fused-ring (bicyclic) bond motifs is 1. The fraction of sp³-hybridized carbons (Fsp3) is 0.312. The summed E-state index contributed by atoms with van der Waals surface area (Å²) in [5.74, 6) is -0.614. The summed E-state index contributed by atoms with van der Waals surface area (Å²) in [4.78, 5) is 22.9. The summed E-state index contributed by atoms with van der Waals surface area (Å²) in [6.45, 7) is 0. The number of nitrogens with two attached hydrogens (primary N) is 2. The van der Waals surface area contributed by atoms with Crippen molar-refractivity contribution in [3.63, 3.8) is 0 Å². The van der Waals surface area contributed by atoms with Crippen LogP contribution >= 0.6 is 23.3 Å². The van der Waals surface area contributed by atoms with Crippen LogP contribution in [0.2, 0.25) is 0 Å². The van der Waals surface area contributed by atoms with E-state index >= 15 is 0 Å². The number of nitrogens with zero attached hydrogens (tertiary/aromatic N) is 1. The number of anilines is 1. The molecule has 1 aliphatic rings. The summed E-state index contributed by atoms with van der Waals surface area (Å²) in [5.41, 5.74) is 13.5. The molecule has 0 spiro atoms. The van der Waals surface area contributed by atoms with Gasteiger partial charge in [-0.25, -0.2) is 4.79 Å². The molecule has 3 amide bonds. The smallest absolute Gasteiger partial charge is 0.317 e. The zero-order valence-electron chi connectivity index (χ0n) is 13.0. The van der Waals surface area contributed by atoms with Gasteiger partial charge in [0.15, 0.2) is 0 Å². The average Bonchev–Trinajstić information content (AvgIpc) is 2.80. The maximum absolute atomic E-state index is 11.8. The van der Waals surface area contributed by atoms with E-state index in [1.807, 2.05) is 6.07 Å². The van der Waals surface area contributed by atoms with Crippen molar-refractivity contribution in [2.45, 2.75) is 36.0 Å². The molecule has 6 nitrogen and oxygen atoms in total. The van der Waals surface area contributed by atoms with Crippen molar-refractivity contribution in [3.05, 3.63) is 41.0 Å². The zero-order chi connectivity index (χ0) is 17.1. The Bertz CT molecular complexity index is 775. The predicted molar refractivity (Wildman–Crippen MR) is 96.4 cm³/mol. The maximum Gasteiger partial charge on any atom is 0.317 e. The zero-order valence-corrected chi connectivity index (χ0v) is 14.6. The molecule has 1 aromatic carbocycles. The van der Waals surface area contributed by atoms with Crippen molar-refractivity contribution < 1.29 is 9.59 Å². The maximum atomic E-state index is 11.8. The molecule has 0 aliphatic heterocycles. The number of nitrogens with one attached hydrogen (secondary N) is 1. The summed E-state index contributed by atoms with van der Waals surface area (Å²) < 4.78 is 4.32. The Hall–Kier alpha value is -2.06. The third-order valence-corrected chi connectivity index (χ3v) is 6.13. The summed E-state index contributed by atoms with van der Waals surface area (Å²) in [5, 5.41) is 3.50. The number of primary amides is 2. The second-order valence-corrected chi connectivity index (χ2v) is 7.56. The van der Waals surface area contributed by atoms with E-state index in [-0.39, 0.29) is 10.8 Å². The van der Waals surface area contributed by atoms with Crippen LogP contribution in [0.25, 0.3) is 0 Å². The number of thioether (sulfide) groups is 1. The van der Waals surface area contributed by atoms with Crippen LogP contribution in [0.5, 0.6) is 0 Å². The van der Waals surface area contributed by atoms with Crippen LogP contribution in [0.15, 0.2) is 29.3 Å². The van der Waals surface area contributed by atoms with Gasteiger partial charge in [-0.2, -0.15) is 4.37 Å². The lowest BCUT2D eigenvalue weighted by atomic mass is 10.0. The van der Waals surface area contributed by atoms with Crippen LogP contribution in [0, 0.1) is 0 Å². The van der Waals surface area contributed by atoms with E-state index in [1.165, 1.54) is 22.9 Å². The van der Waals surface area contributed by atoms with Gasteiger partial charge in [-0.3, -0.25) is 10.1 Å². The van der Waals surface area contributed by atoms with Gasteiger partial charge in [0.1, 0.15) is 15.6 Å². The third kappa shape index (κ3) is 3.54. The Balaban J connectivity index is 1.92. The highest BCUT2D eigenvalue weighted by Crippen LogP contribution is 2.44. The molecule has 5 N–H and O–H groups in total. The van der Waals surface area contributed by atoms with E-state index in [0.717, 1.165) is 37.2 Å². The Labute approximate surface area is 148 Å². The standard InChI is InChI=1S/C16H18N4O2S2/c17-13(21)12-14(19-16(18)22)24-20-15(12)23-11-8-4-2-6-9-5-1-3-7-10(9)11/h1,3,5,7,11H,2,4,6,8H2,(H2,17,21)(H3,18,19,22)/t11-/m1/s1. The van der Waals surface area contributed by atoms with Crippen LogP contribution in [-0.4, -0.2) is 16.3 Å². The Morgan fingerprint density at radius 2 is 2.04 bits per heavy atom. The fourth-order valence-corrected chi connectivity index (χ4v) is 5.18. The lowest BCUT2D eigenvalue weighted by Crippen LogP contribution is -2.21. The van der Waals surface area contributed by atoms with E-state index in [9.17, 15) is 9.59 Å². The molecule has 0 fully saturated rings. The summed E-state index contributed by atoms with van der Waals surface area (Å²) >= 11 is 2.55. The van der Waals surface area contributed by atoms with Gasteiger partial charge < -0.3 is 11.5 Å². The van der Waals surface area contributed by atoms with Crippen molar-refractivity contribution >= 4 is 40.2 Å². The van der Waals surface area contributed by atoms with Crippen LogP contribution in [0.3, 0.4) is 0 Å². The molecule has 0 saturated heterocycles. The number of aromatic nitrogens is 1. The quantitative estimate of drug-likeness (QED) is 0.725. The molecule has 1 heterocycles. The number of carbonyl (C=O) groups excluding carboxylic acids is 2. The number of benzene rings is 1. The molecular weight excluding hydrogens is 344 g/mol. The molecule has 1 atom stereocenters. The lowest BCUT2D eigenvalue weighted by Gasteiger charge is -2.16. The molecule has 0 bridgehead atoms. The molecule has 0 saturated carbocycles. The van der Waals surface area contributed by atoms with E-state index in [2.05, 4.69) is 27.9 Å². The van der Waals surface area contributed by atoms with E-state index in [4.69, 9.17) is 11.5 Å². The predicted octanol–water partition coefficient (Wildman–Crippen LogP) is 3.29. The fourth-order valence-electron chi connectivity index (χ4n) is 2.90. The lowest BCUT2D eigenvalue weighted by molar-refractivity contribution is 0.0998. The molecule has 1 aliphatic carbocycles. The monoisotopic (exact) mass is 362 g/mol. The van der Waals surface area contributed by atoms with Crippen molar-refractivity contribution in [2.75, 3.05) is 5.32 Å². The van der Waals surface area contributed by atoms with Crippen LogP contribution in [-0.2, 0) is 6.42 Å². The summed E-state index contributed by atoms with van der Waals surface area (Å²) in [6, 6.07) is 7.64. The molecule has 0 unspecified atom stereocenters. The highest BCUT2D eigenvalue weighted by Gasteiger charge is 2.26. The summed E-state index contributed by atoms with van der Waals surface area (Å²) in [6.07, 6.45) is 4.36. The van der Waals surface area contributed by atoms with Gasteiger partial charge >= 0.3 is 6.03 Å². The van der Waals surface area contributed by atoms with E-state index in [1.54, 1.807) is 0 Å². The molecule has 3 rings (SSSR count). The topological polar surface area (TPSA) is 111 Å². The van der Waals surface area contributed by atoms with Crippen LogP contribution in [0.1, 0.15) is 46.0 Å². The van der Waals surface area contributed by atoms with Crippen molar-refractivity contribution in [1.82, 2.24) is 4.37 Å². The highest BCUT2D eigenvalue weighted by atomic mass is 32.2. The normalized spacial score (nSPS) is 16.9. The number of hydrogen-bond donors (Lipinski definition) is 3. The van der Waals surface area contributed by atoms with Crippen molar-refractivity contribution in [1.29, 1.82) is 0 Å². The summed E-state index contributed by atoms with van der Waals surface area (Å²) in [7, 11) is 0. The molecule has 2 aromatic rings. The first-order chi connectivity index (χ1) is 11.6. The molecule has 126 valence electrons. The van der Waals surface area contributed by atoms with Gasteiger partial charge in [0, 0.05) is 5.25 Å². The average molecular weight is 362 g/mol. The van der Waals surface area contributed by atoms with Gasteiger partial charge in [0.2, 0.25) is 0 Å². The molecule has 1 aromatic heterocycles. The minimum Gasteiger partial charge on any atom is -0.365 e. The number of aryl methyl sites for hydroxylation is 1. The van der Waals surface area contributed by atoms with Gasteiger partial charge in [0.25, 0.3) is 5.91 Å². The molecular formula is C16H18N4O2S2. The first-order valence-corrected chi connectivity index (χ1v) is 9.32. The van der Waals surface area contributed by atoms with Gasteiger partial charge in [-0.1, -0.05) is 42.4 Å². The Morgan fingerprint density at radius 1 is 1.25 bits per heavy atom. The van der Waals surface area contributed by atoms with Gasteiger partial charge in [-0.15, -0.1) is 0 Å². The molecule has 8 heteroatoms. The number of urea groups is 1.